The number of esters is 1. The van der Waals surface area contributed by atoms with Gasteiger partial charge >= 0.3 is 5.97 Å². The lowest BCUT2D eigenvalue weighted by atomic mass is 10.1. The number of sulfonamides is 1. The van der Waals surface area contributed by atoms with Gasteiger partial charge in [0, 0.05) is 23.7 Å². The fraction of sp³-hybridized carbons (Fsp3) is 0.333. The molecule has 8 heteroatoms. The molecule has 0 aromatic heterocycles. The molecule has 2 aromatic rings. The third kappa shape index (κ3) is 5.04. The summed E-state index contributed by atoms with van der Waals surface area (Å²) in [5, 5.41) is 0.501. The number of nitrogens with zero attached hydrogens (tertiary/aromatic N) is 1. The molecule has 0 amide bonds. The molecule has 1 aliphatic rings. The first kappa shape index (κ1) is 21.5. The summed E-state index contributed by atoms with van der Waals surface area (Å²) in [6.07, 6.45) is 2.67. The van der Waals surface area contributed by atoms with Crippen LogP contribution in [-0.4, -0.2) is 44.2 Å². The number of carbonyl (C=O) groups is 2. The highest BCUT2D eigenvalue weighted by atomic mass is 35.5. The molecule has 29 heavy (non-hydrogen) atoms. The Morgan fingerprint density at radius 2 is 1.69 bits per heavy atom. The van der Waals surface area contributed by atoms with Crippen LogP contribution in [-0.2, 0) is 14.8 Å². The number of ether oxygens (including phenoxy) is 1. The number of hydrogen-bond donors (Lipinski definition) is 0. The van der Waals surface area contributed by atoms with E-state index in [4.69, 9.17) is 16.3 Å². The lowest BCUT2D eigenvalue weighted by Crippen LogP contribution is -2.35. The summed E-state index contributed by atoms with van der Waals surface area (Å²) >= 11 is 5.80. The Labute approximate surface area is 175 Å². The molecule has 0 unspecified atom stereocenters. The van der Waals surface area contributed by atoms with E-state index >= 15 is 0 Å². The number of hydrogen-bond acceptors (Lipinski definition) is 5. The summed E-state index contributed by atoms with van der Waals surface area (Å²) < 4.78 is 32.3. The van der Waals surface area contributed by atoms with Crippen LogP contribution in [0.1, 0.15) is 45.5 Å². The van der Waals surface area contributed by atoms with Crippen molar-refractivity contribution in [3.8, 4) is 0 Å². The maximum atomic E-state index is 12.9. The molecule has 0 saturated carbocycles. The van der Waals surface area contributed by atoms with Crippen LogP contribution in [0.3, 0.4) is 0 Å². The van der Waals surface area contributed by atoms with Crippen molar-refractivity contribution in [1.82, 2.24) is 4.31 Å². The number of ketones is 1. The van der Waals surface area contributed by atoms with Crippen molar-refractivity contribution in [3.05, 3.63) is 64.2 Å². The topological polar surface area (TPSA) is 80.8 Å². The van der Waals surface area contributed by atoms with Gasteiger partial charge < -0.3 is 4.74 Å². The normalized spacial score (nSPS) is 15.1. The fourth-order valence-electron chi connectivity index (χ4n) is 3.16. The molecule has 0 spiro atoms. The first-order valence-electron chi connectivity index (χ1n) is 9.36. The van der Waals surface area contributed by atoms with Crippen molar-refractivity contribution < 1.29 is 22.7 Å². The zero-order valence-corrected chi connectivity index (χ0v) is 17.6. The monoisotopic (exact) mass is 435 g/mol. The molecule has 1 fully saturated rings. The van der Waals surface area contributed by atoms with E-state index in [2.05, 4.69) is 0 Å². The first-order chi connectivity index (χ1) is 13.8. The quantitative estimate of drug-likeness (QED) is 0.508. The van der Waals surface area contributed by atoms with Gasteiger partial charge in [-0.15, -0.1) is 0 Å². The van der Waals surface area contributed by atoms with E-state index in [1.165, 1.54) is 16.4 Å². The minimum atomic E-state index is -3.67. The number of rotatable bonds is 6. The Morgan fingerprint density at radius 1 is 1.03 bits per heavy atom. The molecule has 1 saturated heterocycles. The predicted molar refractivity (Wildman–Crippen MR) is 110 cm³/mol. The van der Waals surface area contributed by atoms with Crippen molar-refractivity contribution in [1.29, 1.82) is 0 Å². The van der Waals surface area contributed by atoms with Gasteiger partial charge in [-0.1, -0.05) is 24.1 Å². The highest BCUT2D eigenvalue weighted by Gasteiger charge is 2.27. The van der Waals surface area contributed by atoms with Gasteiger partial charge in [-0.05, 0) is 61.7 Å². The predicted octanol–water partition coefficient (Wildman–Crippen LogP) is 3.86. The summed E-state index contributed by atoms with van der Waals surface area (Å²) in [6, 6.07) is 10.7. The second kappa shape index (κ2) is 9.07. The number of piperidine rings is 1. The summed E-state index contributed by atoms with van der Waals surface area (Å²) in [5.74, 6) is -1.11. The molecule has 1 heterocycles. The van der Waals surface area contributed by atoms with Crippen LogP contribution >= 0.6 is 11.6 Å². The van der Waals surface area contributed by atoms with E-state index in [9.17, 15) is 18.0 Å². The molecule has 1 aliphatic heterocycles. The Hall–Kier alpha value is -2.22. The van der Waals surface area contributed by atoms with E-state index in [1.807, 2.05) is 0 Å². The number of carbonyl (C=O) groups excluding carboxylic acids is 2. The Morgan fingerprint density at radius 3 is 2.34 bits per heavy atom. The maximum absolute atomic E-state index is 12.9. The number of halogens is 1. The molecule has 154 valence electrons. The van der Waals surface area contributed by atoms with Gasteiger partial charge in [0.15, 0.2) is 12.4 Å². The molecular weight excluding hydrogens is 414 g/mol. The molecule has 0 N–H and O–H groups in total. The van der Waals surface area contributed by atoms with Gasteiger partial charge in [-0.2, -0.15) is 4.31 Å². The van der Waals surface area contributed by atoms with Gasteiger partial charge in [0.2, 0.25) is 10.0 Å². The van der Waals surface area contributed by atoms with Crippen molar-refractivity contribution >= 4 is 33.4 Å². The number of aryl methyl sites for hydroxylation is 1. The third-order valence-corrected chi connectivity index (χ3v) is 7.03. The zero-order chi connectivity index (χ0) is 21.0. The van der Waals surface area contributed by atoms with Gasteiger partial charge in [0.05, 0.1) is 10.5 Å². The summed E-state index contributed by atoms with van der Waals surface area (Å²) in [7, 11) is -3.67. The lowest BCUT2D eigenvalue weighted by molar-refractivity contribution is 0.0473. The first-order valence-corrected chi connectivity index (χ1v) is 11.2. The summed E-state index contributed by atoms with van der Waals surface area (Å²) in [4.78, 5) is 24.7. The van der Waals surface area contributed by atoms with Gasteiger partial charge in [0.1, 0.15) is 0 Å². The van der Waals surface area contributed by atoms with E-state index in [1.54, 1.807) is 37.3 Å². The van der Waals surface area contributed by atoms with Crippen molar-refractivity contribution in [3.63, 3.8) is 0 Å². The van der Waals surface area contributed by atoms with Gasteiger partial charge in [0.25, 0.3) is 0 Å². The molecule has 0 bridgehead atoms. The average molecular weight is 436 g/mol. The maximum Gasteiger partial charge on any atom is 0.338 e. The van der Waals surface area contributed by atoms with Crippen molar-refractivity contribution in [2.45, 2.75) is 31.1 Å². The molecular formula is C21H22ClNO5S. The molecule has 0 radical (unpaired) electrons. The summed E-state index contributed by atoms with van der Waals surface area (Å²) in [5.41, 5.74) is 1.08. The van der Waals surface area contributed by atoms with Crippen LogP contribution in [0.15, 0.2) is 47.4 Å². The largest absolute Gasteiger partial charge is 0.454 e. The van der Waals surface area contributed by atoms with Crippen LogP contribution in [0.2, 0.25) is 5.02 Å². The van der Waals surface area contributed by atoms with Crippen molar-refractivity contribution in [2.24, 2.45) is 0 Å². The molecule has 3 rings (SSSR count). The Bertz CT molecular complexity index is 1010. The molecule has 0 aliphatic carbocycles. The highest BCUT2D eigenvalue weighted by Crippen LogP contribution is 2.23. The van der Waals surface area contributed by atoms with E-state index in [0.717, 1.165) is 19.3 Å². The third-order valence-electron chi connectivity index (χ3n) is 4.88. The van der Waals surface area contributed by atoms with Gasteiger partial charge in [-0.3, -0.25) is 4.79 Å². The van der Waals surface area contributed by atoms with Crippen LogP contribution in [0.5, 0.6) is 0 Å². The average Bonchev–Trinajstić information content (AvgIpc) is 2.73. The minimum absolute atomic E-state index is 0.0565. The van der Waals surface area contributed by atoms with E-state index in [0.29, 0.717) is 29.2 Å². The fourth-order valence-corrected chi connectivity index (χ4v) is 4.83. The standard InChI is InChI=1S/C21H22ClNO5S/c1-15-5-10-18(29(26,27)23-11-3-2-4-12-23)13-19(15)21(25)28-14-20(24)16-6-8-17(22)9-7-16/h5-10,13H,2-4,11-12,14H2,1H3. The van der Waals surface area contributed by atoms with Crippen LogP contribution in [0.25, 0.3) is 0 Å². The number of Topliss-reactive ketones (excluding diaryl/α,β-unsaturated/α-hetero) is 1. The van der Waals surface area contributed by atoms with Crippen molar-refractivity contribution in [2.75, 3.05) is 19.7 Å². The molecule has 6 nitrogen and oxygen atoms in total. The lowest BCUT2D eigenvalue weighted by Gasteiger charge is -2.26. The SMILES string of the molecule is Cc1ccc(S(=O)(=O)N2CCCCC2)cc1C(=O)OCC(=O)c1ccc(Cl)cc1. The Balaban J connectivity index is 1.74. The van der Waals surface area contributed by atoms with Crippen LogP contribution < -0.4 is 0 Å². The summed E-state index contributed by atoms with van der Waals surface area (Å²) in [6.45, 7) is 2.20. The molecule has 2 aromatic carbocycles. The van der Waals surface area contributed by atoms with Gasteiger partial charge in [-0.25, -0.2) is 13.2 Å². The highest BCUT2D eigenvalue weighted by molar-refractivity contribution is 7.89. The minimum Gasteiger partial charge on any atom is -0.454 e. The van der Waals surface area contributed by atoms with E-state index < -0.39 is 22.6 Å². The second-order valence-corrected chi connectivity index (χ2v) is 9.32. The second-order valence-electron chi connectivity index (χ2n) is 6.95. The zero-order valence-electron chi connectivity index (χ0n) is 16.1. The smallest absolute Gasteiger partial charge is 0.338 e. The van der Waals surface area contributed by atoms with Crippen LogP contribution in [0, 0.1) is 6.92 Å². The van der Waals surface area contributed by atoms with E-state index in [-0.39, 0.29) is 16.2 Å². The molecule has 0 atom stereocenters. The Kier molecular flexibility index (Phi) is 6.72. The number of benzene rings is 2. The van der Waals surface area contributed by atoms with Crippen LogP contribution in [0.4, 0.5) is 0 Å².